The van der Waals surface area contributed by atoms with Gasteiger partial charge in [0.15, 0.2) is 0 Å². The molecule has 19 heavy (non-hydrogen) atoms. The lowest BCUT2D eigenvalue weighted by atomic mass is 9.98. The molecule has 0 aliphatic carbocycles. The smallest absolute Gasteiger partial charge is 0.219 e. The summed E-state index contributed by atoms with van der Waals surface area (Å²) in [5.74, 6) is 1.94. The van der Waals surface area contributed by atoms with Crippen LogP contribution in [0.5, 0.6) is 11.6 Å². The number of para-hydroxylation sites is 1. The van der Waals surface area contributed by atoms with E-state index < -0.39 is 0 Å². The molecule has 3 nitrogen and oxygen atoms in total. The summed E-state index contributed by atoms with van der Waals surface area (Å²) in [5.41, 5.74) is 7.86. The third-order valence-corrected chi connectivity index (χ3v) is 3.31. The Morgan fingerprint density at radius 1 is 1.26 bits per heavy atom. The molecule has 100 valence electrons. The maximum Gasteiger partial charge on any atom is 0.219 e. The van der Waals surface area contributed by atoms with E-state index in [0.717, 1.165) is 17.7 Å². The highest BCUT2D eigenvalue weighted by atomic mass is 16.5. The van der Waals surface area contributed by atoms with Gasteiger partial charge in [-0.15, -0.1) is 0 Å². The number of nitrogens with zero attached hydrogens (tertiary/aromatic N) is 1. The van der Waals surface area contributed by atoms with Crippen LogP contribution in [-0.4, -0.2) is 4.98 Å². The number of nitrogens with two attached hydrogens (primary N) is 1. The molecule has 1 unspecified atom stereocenters. The van der Waals surface area contributed by atoms with Gasteiger partial charge in [0.25, 0.3) is 0 Å². The molecule has 1 aromatic carbocycles. The van der Waals surface area contributed by atoms with Crippen LogP contribution in [0.15, 0.2) is 42.6 Å². The number of pyridine rings is 1. The number of rotatable bonds is 5. The number of ether oxygens (including phenoxy) is 1. The van der Waals surface area contributed by atoms with Crippen LogP contribution in [-0.2, 0) is 6.54 Å². The second kappa shape index (κ2) is 6.34. The maximum atomic E-state index is 5.91. The van der Waals surface area contributed by atoms with Crippen molar-refractivity contribution in [2.75, 3.05) is 0 Å². The Bertz CT molecular complexity index is 540. The van der Waals surface area contributed by atoms with Crippen LogP contribution in [0, 0.1) is 0 Å². The van der Waals surface area contributed by atoms with Crippen LogP contribution in [0.2, 0.25) is 0 Å². The molecule has 0 fully saturated rings. The molecule has 0 amide bonds. The van der Waals surface area contributed by atoms with Crippen LogP contribution < -0.4 is 10.5 Å². The van der Waals surface area contributed by atoms with E-state index in [1.807, 2.05) is 30.3 Å². The lowest BCUT2D eigenvalue weighted by molar-refractivity contribution is 0.451. The molecule has 0 saturated carbocycles. The van der Waals surface area contributed by atoms with Crippen molar-refractivity contribution in [3.05, 3.63) is 53.7 Å². The number of aromatic nitrogens is 1. The summed E-state index contributed by atoms with van der Waals surface area (Å²) in [4.78, 5) is 4.23. The van der Waals surface area contributed by atoms with E-state index in [4.69, 9.17) is 10.5 Å². The van der Waals surface area contributed by atoms with Gasteiger partial charge in [0.2, 0.25) is 5.88 Å². The van der Waals surface area contributed by atoms with Gasteiger partial charge in [-0.3, -0.25) is 0 Å². The normalized spacial score (nSPS) is 12.2. The average molecular weight is 256 g/mol. The molecule has 0 saturated heterocycles. The first-order valence-corrected chi connectivity index (χ1v) is 6.66. The molecular weight excluding hydrogens is 236 g/mol. The third-order valence-electron chi connectivity index (χ3n) is 3.31. The van der Waals surface area contributed by atoms with Crippen molar-refractivity contribution in [2.24, 2.45) is 5.73 Å². The SMILES string of the molecule is CCC(C)c1ccccc1Oc1cc(CN)ccn1. The van der Waals surface area contributed by atoms with Gasteiger partial charge in [-0.25, -0.2) is 4.98 Å². The van der Waals surface area contributed by atoms with Crippen molar-refractivity contribution in [1.29, 1.82) is 0 Å². The molecule has 2 N–H and O–H groups in total. The van der Waals surface area contributed by atoms with Gasteiger partial charge >= 0.3 is 0 Å². The first kappa shape index (κ1) is 13.6. The van der Waals surface area contributed by atoms with E-state index in [1.54, 1.807) is 6.20 Å². The van der Waals surface area contributed by atoms with Crippen molar-refractivity contribution in [3.63, 3.8) is 0 Å². The molecule has 2 rings (SSSR count). The molecule has 1 atom stereocenters. The molecule has 2 aromatic rings. The number of hydrogen-bond donors (Lipinski definition) is 1. The minimum absolute atomic E-state index is 0.467. The Morgan fingerprint density at radius 2 is 2.05 bits per heavy atom. The topological polar surface area (TPSA) is 48.1 Å². The predicted octanol–water partition coefficient (Wildman–Crippen LogP) is 3.85. The molecule has 3 heteroatoms. The molecule has 0 aliphatic rings. The zero-order valence-electron chi connectivity index (χ0n) is 11.5. The van der Waals surface area contributed by atoms with Crippen LogP contribution >= 0.6 is 0 Å². The van der Waals surface area contributed by atoms with Crippen LogP contribution in [0.25, 0.3) is 0 Å². The molecule has 0 spiro atoms. The third kappa shape index (κ3) is 3.32. The van der Waals surface area contributed by atoms with Gasteiger partial charge in [0, 0.05) is 18.8 Å². The van der Waals surface area contributed by atoms with Crippen LogP contribution in [0.4, 0.5) is 0 Å². The van der Waals surface area contributed by atoms with Crippen molar-refractivity contribution < 1.29 is 4.74 Å². The summed E-state index contributed by atoms with van der Waals surface area (Å²) in [6, 6.07) is 11.9. The molecule has 1 aromatic heterocycles. The molecule has 1 heterocycles. The fourth-order valence-corrected chi connectivity index (χ4v) is 1.95. The Balaban J connectivity index is 2.27. The first-order valence-electron chi connectivity index (χ1n) is 6.66. The van der Waals surface area contributed by atoms with E-state index in [1.165, 1.54) is 5.56 Å². The van der Waals surface area contributed by atoms with Crippen LogP contribution in [0.1, 0.15) is 37.3 Å². The first-order chi connectivity index (χ1) is 9.24. The summed E-state index contributed by atoms with van der Waals surface area (Å²) < 4.78 is 5.91. The Labute approximate surface area is 114 Å². The summed E-state index contributed by atoms with van der Waals surface area (Å²) >= 11 is 0. The van der Waals surface area contributed by atoms with Crippen molar-refractivity contribution in [3.8, 4) is 11.6 Å². The summed E-state index contributed by atoms with van der Waals surface area (Å²) in [7, 11) is 0. The number of hydrogen-bond acceptors (Lipinski definition) is 3. The van der Waals surface area contributed by atoms with Crippen molar-refractivity contribution in [1.82, 2.24) is 4.98 Å². The van der Waals surface area contributed by atoms with Gasteiger partial charge in [0.05, 0.1) is 0 Å². The van der Waals surface area contributed by atoms with E-state index in [2.05, 4.69) is 24.9 Å². The highest BCUT2D eigenvalue weighted by molar-refractivity contribution is 5.38. The highest BCUT2D eigenvalue weighted by Gasteiger charge is 2.10. The minimum Gasteiger partial charge on any atom is -0.439 e. The maximum absolute atomic E-state index is 5.91. The zero-order chi connectivity index (χ0) is 13.7. The second-order valence-electron chi connectivity index (χ2n) is 4.66. The van der Waals surface area contributed by atoms with E-state index in [9.17, 15) is 0 Å². The van der Waals surface area contributed by atoms with Gasteiger partial charge in [-0.1, -0.05) is 32.0 Å². The van der Waals surface area contributed by atoms with Crippen molar-refractivity contribution in [2.45, 2.75) is 32.7 Å². The fraction of sp³-hybridized carbons (Fsp3) is 0.312. The fourth-order valence-electron chi connectivity index (χ4n) is 1.95. The van der Waals surface area contributed by atoms with Gasteiger partial charge in [-0.05, 0) is 35.6 Å². The Morgan fingerprint density at radius 3 is 2.79 bits per heavy atom. The Kier molecular flexibility index (Phi) is 4.53. The average Bonchev–Trinajstić information content (AvgIpc) is 2.47. The molecular formula is C16H20N2O. The van der Waals surface area contributed by atoms with Crippen LogP contribution in [0.3, 0.4) is 0 Å². The zero-order valence-corrected chi connectivity index (χ0v) is 11.5. The standard InChI is InChI=1S/C16H20N2O/c1-3-12(2)14-6-4-5-7-15(14)19-16-10-13(11-17)8-9-18-16/h4-10,12H,3,11,17H2,1-2H3. The molecule has 0 aliphatic heterocycles. The van der Waals surface area contributed by atoms with Gasteiger partial charge < -0.3 is 10.5 Å². The predicted molar refractivity (Wildman–Crippen MR) is 77.4 cm³/mol. The summed E-state index contributed by atoms with van der Waals surface area (Å²) in [6.07, 6.45) is 2.81. The molecule has 0 bridgehead atoms. The second-order valence-corrected chi connectivity index (χ2v) is 4.66. The monoisotopic (exact) mass is 256 g/mol. The molecule has 0 radical (unpaired) electrons. The minimum atomic E-state index is 0.467. The lowest BCUT2D eigenvalue weighted by Crippen LogP contribution is -1.99. The highest BCUT2D eigenvalue weighted by Crippen LogP contribution is 2.31. The lowest BCUT2D eigenvalue weighted by Gasteiger charge is -2.15. The Hall–Kier alpha value is -1.87. The quantitative estimate of drug-likeness (QED) is 0.884. The number of benzene rings is 1. The van der Waals surface area contributed by atoms with E-state index in [-0.39, 0.29) is 0 Å². The van der Waals surface area contributed by atoms with Crippen molar-refractivity contribution >= 4 is 0 Å². The van der Waals surface area contributed by atoms with Gasteiger partial charge in [-0.2, -0.15) is 0 Å². The van der Waals surface area contributed by atoms with E-state index >= 15 is 0 Å². The largest absolute Gasteiger partial charge is 0.439 e. The summed E-state index contributed by atoms with van der Waals surface area (Å²) in [5, 5.41) is 0. The van der Waals surface area contributed by atoms with E-state index in [0.29, 0.717) is 18.3 Å². The van der Waals surface area contributed by atoms with Gasteiger partial charge in [0.1, 0.15) is 5.75 Å². The summed E-state index contributed by atoms with van der Waals surface area (Å²) in [6.45, 7) is 4.87.